The maximum absolute atomic E-state index is 11.4. The van der Waals surface area contributed by atoms with Gasteiger partial charge >= 0.3 is 11.9 Å². The molecule has 6 heteroatoms. The van der Waals surface area contributed by atoms with Gasteiger partial charge < -0.3 is 15.2 Å². The van der Waals surface area contributed by atoms with Crippen LogP contribution in [0, 0.1) is 0 Å². The zero-order valence-electron chi connectivity index (χ0n) is 10.4. The maximum Gasteiger partial charge on any atom is 0.352 e. The second kappa shape index (κ2) is 4.52. The van der Waals surface area contributed by atoms with Gasteiger partial charge in [0.25, 0.3) is 0 Å². The molecule has 0 aliphatic heterocycles. The van der Waals surface area contributed by atoms with Crippen LogP contribution in [0.3, 0.4) is 0 Å². The van der Waals surface area contributed by atoms with Crippen molar-refractivity contribution in [3.63, 3.8) is 0 Å². The molecule has 0 spiro atoms. The fourth-order valence-electron chi connectivity index (χ4n) is 3.07. The Morgan fingerprint density at radius 1 is 1.35 bits per heavy atom. The van der Waals surface area contributed by atoms with E-state index >= 15 is 0 Å². The number of carbonyl (C=O) groups is 2. The van der Waals surface area contributed by atoms with Gasteiger partial charge in [0.1, 0.15) is 5.69 Å². The standard InChI is InChI=1S/C14H12ClNO4/c15-8-3-6-1-2-7(4-10(17)18)12-11(6)9(5-8)16-13(12)14(19)20/h3,5,7,16H,1-2,4H2,(H,17,18)(H,19,20)/t7-/m0/s1. The Morgan fingerprint density at radius 2 is 2.10 bits per heavy atom. The summed E-state index contributed by atoms with van der Waals surface area (Å²) < 4.78 is 0. The topological polar surface area (TPSA) is 90.4 Å². The van der Waals surface area contributed by atoms with Crippen molar-refractivity contribution >= 4 is 34.4 Å². The lowest BCUT2D eigenvalue weighted by atomic mass is 9.81. The molecule has 20 heavy (non-hydrogen) atoms. The SMILES string of the molecule is O=C(O)C[C@@H]1CCc2cc(Cl)cc3[nH]c(C(=O)O)c1c23. The first-order valence-corrected chi connectivity index (χ1v) is 6.64. The van der Waals surface area contributed by atoms with E-state index in [0.717, 1.165) is 10.9 Å². The van der Waals surface area contributed by atoms with E-state index in [-0.39, 0.29) is 18.0 Å². The van der Waals surface area contributed by atoms with E-state index in [1.165, 1.54) is 0 Å². The number of halogens is 1. The molecule has 0 bridgehead atoms. The number of H-pyrrole nitrogens is 1. The molecule has 2 aromatic rings. The molecule has 0 radical (unpaired) electrons. The first-order valence-electron chi connectivity index (χ1n) is 6.26. The van der Waals surface area contributed by atoms with Gasteiger partial charge in [-0.3, -0.25) is 4.79 Å². The van der Waals surface area contributed by atoms with Gasteiger partial charge in [0.15, 0.2) is 0 Å². The predicted molar refractivity (Wildman–Crippen MR) is 73.6 cm³/mol. The quantitative estimate of drug-likeness (QED) is 0.811. The van der Waals surface area contributed by atoms with Crippen LogP contribution in [0.5, 0.6) is 0 Å². The first-order chi connectivity index (χ1) is 9.47. The summed E-state index contributed by atoms with van der Waals surface area (Å²) in [5, 5.41) is 19.7. The first kappa shape index (κ1) is 13.0. The summed E-state index contributed by atoms with van der Waals surface area (Å²) in [6, 6.07) is 3.50. The van der Waals surface area contributed by atoms with Gasteiger partial charge in [0, 0.05) is 15.9 Å². The number of nitrogens with one attached hydrogen (secondary N) is 1. The zero-order valence-corrected chi connectivity index (χ0v) is 11.2. The smallest absolute Gasteiger partial charge is 0.352 e. The van der Waals surface area contributed by atoms with Gasteiger partial charge in [0.2, 0.25) is 0 Å². The van der Waals surface area contributed by atoms with E-state index in [2.05, 4.69) is 4.98 Å². The number of benzene rings is 1. The number of aromatic amines is 1. The van der Waals surface area contributed by atoms with Crippen LogP contribution < -0.4 is 0 Å². The van der Waals surface area contributed by atoms with Gasteiger partial charge in [0.05, 0.1) is 6.42 Å². The molecule has 104 valence electrons. The summed E-state index contributed by atoms with van der Waals surface area (Å²) in [4.78, 5) is 25.2. The van der Waals surface area contributed by atoms with Gasteiger partial charge in [-0.1, -0.05) is 11.6 Å². The number of aromatic nitrogens is 1. The molecule has 0 amide bonds. The van der Waals surface area contributed by atoms with Crippen molar-refractivity contribution in [3.8, 4) is 0 Å². The Bertz CT molecular complexity index is 734. The van der Waals surface area contributed by atoms with Gasteiger partial charge in [-0.05, 0) is 42.0 Å². The second-order valence-corrected chi connectivity index (χ2v) is 5.48. The number of hydrogen-bond acceptors (Lipinski definition) is 2. The van der Waals surface area contributed by atoms with E-state index in [0.29, 0.717) is 28.9 Å². The third kappa shape index (κ3) is 1.94. The number of hydrogen-bond donors (Lipinski definition) is 3. The summed E-state index contributed by atoms with van der Waals surface area (Å²) in [5.74, 6) is -2.27. The molecule has 3 N–H and O–H groups in total. The van der Waals surface area contributed by atoms with Crippen molar-refractivity contribution < 1.29 is 19.8 Å². The van der Waals surface area contributed by atoms with Crippen molar-refractivity contribution in [2.75, 3.05) is 0 Å². The molecule has 1 aliphatic rings. The van der Waals surface area contributed by atoms with Gasteiger partial charge in [-0.15, -0.1) is 0 Å². The maximum atomic E-state index is 11.4. The molecular formula is C14H12ClNO4. The van der Waals surface area contributed by atoms with Crippen molar-refractivity contribution in [1.29, 1.82) is 0 Å². The molecule has 0 fully saturated rings. The van der Waals surface area contributed by atoms with Crippen LogP contribution >= 0.6 is 11.6 Å². The molecule has 5 nitrogen and oxygen atoms in total. The lowest BCUT2D eigenvalue weighted by Gasteiger charge is -2.22. The monoisotopic (exact) mass is 293 g/mol. The lowest BCUT2D eigenvalue weighted by Crippen LogP contribution is -2.14. The van der Waals surface area contributed by atoms with Crippen LogP contribution in [0.4, 0.5) is 0 Å². The molecule has 0 saturated heterocycles. The van der Waals surface area contributed by atoms with Crippen molar-refractivity contribution in [2.24, 2.45) is 0 Å². The Labute approximate surface area is 119 Å². The van der Waals surface area contributed by atoms with Crippen LogP contribution in [-0.4, -0.2) is 27.1 Å². The number of carboxylic acid groups (broad SMARTS) is 2. The molecule has 1 aliphatic carbocycles. The molecule has 0 saturated carbocycles. The van der Waals surface area contributed by atoms with E-state index in [1.54, 1.807) is 6.07 Å². The summed E-state index contributed by atoms with van der Waals surface area (Å²) in [5.41, 5.74) is 2.32. The Kier molecular flexibility index (Phi) is 2.94. The average Bonchev–Trinajstić information content (AvgIpc) is 2.73. The summed E-state index contributed by atoms with van der Waals surface area (Å²) in [6.07, 6.45) is 1.26. The molecule has 1 aromatic carbocycles. The fraction of sp³-hybridized carbons (Fsp3) is 0.286. The van der Waals surface area contributed by atoms with E-state index in [1.807, 2.05) is 6.07 Å². The molecule has 1 aromatic heterocycles. The third-order valence-corrected chi connectivity index (χ3v) is 4.01. The van der Waals surface area contributed by atoms with Crippen LogP contribution in [-0.2, 0) is 11.2 Å². The highest BCUT2D eigenvalue weighted by molar-refractivity contribution is 6.31. The minimum atomic E-state index is -1.07. The van der Waals surface area contributed by atoms with Crippen molar-refractivity contribution in [3.05, 3.63) is 34.0 Å². The summed E-state index contributed by atoms with van der Waals surface area (Å²) >= 11 is 6.03. The molecule has 1 atom stereocenters. The highest BCUT2D eigenvalue weighted by Crippen LogP contribution is 2.41. The molecule has 1 heterocycles. The second-order valence-electron chi connectivity index (χ2n) is 5.04. The zero-order chi connectivity index (χ0) is 14.4. The highest BCUT2D eigenvalue weighted by Gasteiger charge is 2.30. The summed E-state index contributed by atoms with van der Waals surface area (Å²) in [6.45, 7) is 0. The van der Waals surface area contributed by atoms with Crippen molar-refractivity contribution in [1.82, 2.24) is 4.98 Å². The Morgan fingerprint density at radius 3 is 2.75 bits per heavy atom. The Hall–Kier alpha value is -2.01. The fourth-order valence-corrected chi connectivity index (χ4v) is 3.31. The number of carboxylic acids is 2. The van der Waals surface area contributed by atoms with E-state index in [4.69, 9.17) is 16.7 Å². The van der Waals surface area contributed by atoms with Crippen LogP contribution in [0.2, 0.25) is 5.02 Å². The molecular weight excluding hydrogens is 282 g/mol. The summed E-state index contributed by atoms with van der Waals surface area (Å²) in [7, 11) is 0. The lowest BCUT2D eigenvalue weighted by molar-refractivity contribution is -0.137. The minimum Gasteiger partial charge on any atom is -0.481 e. The van der Waals surface area contributed by atoms with Gasteiger partial charge in [-0.2, -0.15) is 0 Å². The van der Waals surface area contributed by atoms with E-state index < -0.39 is 11.9 Å². The van der Waals surface area contributed by atoms with Crippen LogP contribution in [0.1, 0.15) is 40.4 Å². The third-order valence-electron chi connectivity index (χ3n) is 3.79. The highest BCUT2D eigenvalue weighted by atomic mass is 35.5. The van der Waals surface area contributed by atoms with Crippen molar-refractivity contribution in [2.45, 2.75) is 25.2 Å². The average molecular weight is 294 g/mol. The normalized spacial score (nSPS) is 17.4. The van der Waals surface area contributed by atoms with Gasteiger partial charge in [-0.25, -0.2) is 4.79 Å². The Balaban J connectivity index is 2.29. The minimum absolute atomic E-state index is 0.0602. The number of rotatable bonds is 3. The largest absolute Gasteiger partial charge is 0.481 e. The number of aromatic carboxylic acids is 1. The molecule has 0 unspecified atom stereocenters. The van der Waals surface area contributed by atoms with E-state index in [9.17, 15) is 14.7 Å². The van der Waals surface area contributed by atoms with Crippen LogP contribution in [0.25, 0.3) is 10.9 Å². The molecule has 3 rings (SSSR count). The van der Waals surface area contributed by atoms with Crippen LogP contribution in [0.15, 0.2) is 12.1 Å². The number of aliphatic carboxylic acids is 1. The number of aryl methyl sites for hydroxylation is 1. The predicted octanol–water partition coefficient (Wildman–Crippen LogP) is 3.02.